The molecule has 1 fully saturated rings. The van der Waals surface area contributed by atoms with Gasteiger partial charge in [0.2, 0.25) is 0 Å². The minimum atomic E-state index is 0.122. The lowest BCUT2D eigenvalue weighted by Crippen LogP contribution is -2.36. The van der Waals surface area contributed by atoms with Gasteiger partial charge in [-0.1, -0.05) is 28.8 Å². The molecule has 0 unspecified atom stereocenters. The molecular formula is C14H17BrN2O. The molecule has 3 nitrogen and oxygen atoms in total. The minimum absolute atomic E-state index is 0.122. The molecule has 0 heterocycles. The van der Waals surface area contributed by atoms with Gasteiger partial charge in [-0.2, -0.15) is 5.26 Å². The van der Waals surface area contributed by atoms with Gasteiger partial charge in [0.05, 0.1) is 17.9 Å². The molecule has 0 amide bonds. The van der Waals surface area contributed by atoms with E-state index in [1.165, 1.54) is 12.8 Å². The van der Waals surface area contributed by atoms with Crippen LogP contribution in [0.15, 0.2) is 22.7 Å². The van der Waals surface area contributed by atoms with Crippen molar-refractivity contribution >= 4 is 21.6 Å². The van der Waals surface area contributed by atoms with Crippen molar-refractivity contribution in [1.82, 2.24) is 0 Å². The average molecular weight is 309 g/mol. The van der Waals surface area contributed by atoms with Gasteiger partial charge >= 0.3 is 0 Å². The van der Waals surface area contributed by atoms with Crippen LogP contribution in [-0.2, 0) is 0 Å². The maximum Gasteiger partial charge on any atom is 0.101 e. The fourth-order valence-corrected chi connectivity index (χ4v) is 3.03. The Bertz CT molecular complexity index is 450. The van der Waals surface area contributed by atoms with Crippen LogP contribution in [-0.4, -0.2) is 24.3 Å². The van der Waals surface area contributed by atoms with Gasteiger partial charge < -0.3 is 10.0 Å². The predicted octanol–water partition coefficient (Wildman–Crippen LogP) is 3.06. The molecule has 0 aliphatic heterocycles. The van der Waals surface area contributed by atoms with Crippen LogP contribution in [0.3, 0.4) is 0 Å². The van der Waals surface area contributed by atoms with E-state index in [1.54, 1.807) is 0 Å². The monoisotopic (exact) mass is 308 g/mol. The molecule has 1 aliphatic carbocycles. The van der Waals surface area contributed by atoms with Gasteiger partial charge in [-0.3, -0.25) is 0 Å². The third-order valence-electron chi connectivity index (χ3n) is 3.49. The zero-order valence-electron chi connectivity index (χ0n) is 10.3. The molecule has 1 N–H and O–H groups in total. The second-order valence-electron chi connectivity index (χ2n) is 4.63. The van der Waals surface area contributed by atoms with E-state index in [9.17, 15) is 10.4 Å². The summed E-state index contributed by atoms with van der Waals surface area (Å²) < 4.78 is 0.915. The Morgan fingerprint density at radius 1 is 1.39 bits per heavy atom. The summed E-state index contributed by atoms with van der Waals surface area (Å²) in [5, 5.41) is 18.5. The highest BCUT2D eigenvalue weighted by molar-refractivity contribution is 9.10. The van der Waals surface area contributed by atoms with Crippen molar-refractivity contribution in [2.45, 2.75) is 31.7 Å². The van der Waals surface area contributed by atoms with Crippen LogP contribution in [0.4, 0.5) is 5.69 Å². The molecule has 0 bridgehead atoms. The molecule has 1 aliphatic rings. The smallest absolute Gasteiger partial charge is 0.101 e. The Balaban J connectivity index is 2.32. The van der Waals surface area contributed by atoms with Gasteiger partial charge in [0, 0.05) is 17.1 Å². The number of hydrogen-bond donors (Lipinski definition) is 1. The maximum atomic E-state index is 9.24. The van der Waals surface area contributed by atoms with Crippen molar-refractivity contribution in [1.29, 1.82) is 5.26 Å². The molecule has 2 rings (SSSR count). The van der Waals surface area contributed by atoms with E-state index >= 15 is 0 Å². The van der Waals surface area contributed by atoms with E-state index in [-0.39, 0.29) is 6.61 Å². The Morgan fingerprint density at radius 2 is 2.11 bits per heavy atom. The van der Waals surface area contributed by atoms with Crippen LogP contribution in [0.25, 0.3) is 0 Å². The van der Waals surface area contributed by atoms with E-state index in [0.29, 0.717) is 18.2 Å². The normalized spacial score (nSPS) is 15.6. The lowest BCUT2D eigenvalue weighted by molar-refractivity contribution is 0.297. The predicted molar refractivity (Wildman–Crippen MR) is 75.5 cm³/mol. The Hall–Kier alpha value is -1.05. The van der Waals surface area contributed by atoms with Gasteiger partial charge in [-0.25, -0.2) is 0 Å². The summed E-state index contributed by atoms with van der Waals surface area (Å²) >= 11 is 3.39. The molecule has 4 heteroatoms. The third-order valence-corrected chi connectivity index (χ3v) is 3.99. The van der Waals surface area contributed by atoms with E-state index in [0.717, 1.165) is 23.0 Å². The van der Waals surface area contributed by atoms with Crippen LogP contribution in [0, 0.1) is 11.3 Å². The number of aliphatic hydroxyl groups is 1. The standard InChI is InChI=1S/C14H17BrN2O/c15-12-5-6-14(11(9-12)10-16)17(7-8-18)13-3-1-2-4-13/h5-6,9,13,18H,1-4,7-8H2. The first-order chi connectivity index (χ1) is 8.76. The van der Waals surface area contributed by atoms with Crippen LogP contribution < -0.4 is 4.90 Å². The van der Waals surface area contributed by atoms with Crippen LogP contribution in [0.1, 0.15) is 31.2 Å². The summed E-state index contributed by atoms with van der Waals surface area (Å²) in [6.45, 7) is 0.721. The zero-order valence-corrected chi connectivity index (χ0v) is 11.9. The van der Waals surface area contributed by atoms with Crippen molar-refractivity contribution in [3.63, 3.8) is 0 Å². The first-order valence-corrected chi connectivity index (χ1v) is 7.12. The summed E-state index contributed by atoms with van der Waals surface area (Å²) in [7, 11) is 0. The van der Waals surface area contributed by atoms with Gasteiger partial charge in [-0.15, -0.1) is 0 Å². The lowest BCUT2D eigenvalue weighted by Gasteiger charge is -2.31. The molecule has 0 atom stereocenters. The number of halogens is 1. The second kappa shape index (κ2) is 6.21. The Morgan fingerprint density at radius 3 is 2.72 bits per heavy atom. The molecule has 0 saturated heterocycles. The van der Waals surface area contributed by atoms with E-state index < -0.39 is 0 Å². The number of anilines is 1. The van der Waals surface area contributed by atoms with Crippen LogP contribution in [0.5, 0.6) is 0 Å². The number of nitrogens with zero attached hydrogens (tertiary/aromatic N) is 2. The number of rotatable bonds is 4. The van der Waals surface area contributed by atoms with Gasteiger partial charge in [0.1, 0.15) is 6.07 Å². The number of hydrogen-bond acceptors (Lipinski definition) is 3. The van der Waals surface area contributed by atoms with Crippen molar-refractivity contribution in [2.24, 2.45) is 0 Å². The number of nitriles is 1. The molecule has 96 valence electrons. The fourth-order valence-electron chi connectivity index (χ4n) is 2.67. The first-order valence-electron chi connectivity index (χ1n) is 6.33. The highest BCUT2D eigenvalue weighted by Gasteiger charge is 2.24. The molecule has 0 radical (unpaired) electrons. The Kier molecular flexibility index (Phi) is 4.62. The van der Waals surface area contributed by atoms with E-state index in [4.69, 9.17) is 0 Å². The molecule has 18 heavy (non-hydrogen) atoms. The lowest BCUT2D eigenvalue weighted by atomic mass is 10.1. The van der Waals surface area contributed by atoms with E-state index in [1.807, 2.05) is 18.2 Å². The summed E-state index contributed by atoms with van der Waals surface area (Å²) in [4.78, 5) is 2.19. The van der Waals surface area contributed by atoms with E-state index in [2.05, 4.69) is 26.9 Å². The summed E-state index contributed by atoms with van der Waals surface area (Å²) in [5.74, 6) is 0. The van der Waals surface area contributed by atoms with Crippen LogP contribution in [0.2, 0.25) is 0 Å². The minimum Gasteiger partial charge on any atom is -0.395 e. The fraction of sp³-hybridized carbons (Fsp3) is 0.500. The van der Waals surface area contributed by atoms with Gasteiger partial charge in [0.25, 0.3) is 0 Å². The molecular weight excluding hydrogens is 292 g/mol. The highest BCUT2D eigenvalue weighted by Crippen LogP contribution is 2.31. The number of aliphatic hydroxyl groups excluding tert-OH is 1. The molecule has 1 aromatic carbocycles. The largest absolute Gasteiger partial charge is 0.395 e. The van der Waals surface area contributed by atoms with Crippen LogP contribution >= 0.6 is 15.9 Å². The SMILES string of the molecule is N#Cc1cc(Br)ccc1N(CCO)C1CCCC1. The van der Waals surface area contributed by atoms with Gasteiger partial charge in [0.15, 0.2) is 0 Å². The summed E-state index contributed by atoms with van der Waals surface area (Å²) in [5.41, 5.74) is 1.62. The van der Waals surface area contributed by atoms with Crippen molar-refractivity contribution < 1.29 is 5.11 Å². The number of benzene rings is 1. The average Bonchev–Trinajstić information content (AvgIpc) is 2.90. The Labute approximate surface area is 116 Å². The molecule has 1 aromatic rings. The second-order valence-corrected chi connectivity index (χ2v) is 5.54. The molecule has 0 spiro atoms. The maximum absolute atomic E-state index is 9.24. The zero-order chi connectivity index (χ0) is 13.0. The third kappa shape index (κ3) is 2.85. The molecule has 1 saturated carbocycles. The summed E-state index contributed by atoms with van der Waals surface area (Å²) in [6.07, 6.45) is 4.79. The topological polar surface area (TPSA) is 47.3 Å². The van der Waals surface area contributed by atoms with Crippen molar-refractivity contribution in [3.8, 4) is 6.07 Å². The quantitative estimate of drug-likeness (QED) is 0.930. The first kappa shape index (κ1) is 13.4. The van der Waals surface area contributed by atoms with Crippen molar-refractivity contribution in [3.05, 3.63) is 28.2 Å². The highest BCUT2D eigenvalue weighted by atomic mass is 79.9. The summed E-state index contributed by atoms with van der Waals surface area (Å²) in [6, 6.07) is 8.47. The molecule has 0 aromatic heterocycles. The van der Waals surface area contributed by atoms with Crippen molar-refractivity contribution in [2.75, 3.05) is 18.1 Å². The van der Waals surface area contributed by atoms with Gasteiger partial charge in [-0.05, 0) is 31.0 Å².